The molecule has 0 aliphatic carbocycles. The van der Waals surface area contributed by atoms with Crippen molar-refractivity contribution in [1.29, 1.82) is 0 Å². The standard InChI is InChI=1S/C15H25N3O2S/c1-11-5-6-13(21-11)14-16-12(2)15(19)18(14)8-7-17(3)9-10-20-4/h5-6,12,14,16H,7-10H2,1-4H3. The van der Waals surface area contributed by atoms with E-state index in [0.717, 1.165) is 19.6 Å². The molecule has 2 unspecified atom stereocenters. The fraction of sp³-hybridized carbons (Fsp3) is 0.667. The van der Waals surface area contributed by atoms with E-state index in [4.69, 9.17) is 4.74 Å². The molecular formula is C15H25N3O2S. The van der Waals surface area contributed by atoms with Gasteiger partial charge in [0.05, 0.1) is 12.6 Å². The molecule has 1 aliphatic rings. The van der Waals surface area contributed by atoms with Crippen LogP contribution in [0.4, 0.5) is 0 Å². The maximum absolute atomic E-state index is 12.3. The molecule has 0 radical (unpaired) electrons. The second-order valence-electron chi connectivity index (χ2n) is 5.57. The van der Waals surface area contributed by atoms with Gasteiger partial charge in [-0.1, -0.05) is 0 Å². The average molecular weight is 311 g/mol. The summed E-state index contributed by atoms with van der Waals surface area (Å²) in [6.45, 7) is 7.21. The molecule has 1 fully saturated rings. The summed E-state index contributed by atoms with van der Waals surface area (Å²) in [4.78, 5) is 19.0. The largest absolute Gasteiger partial charge is 0.383 e. The van der Waals surface area contributed by atoms with Crippen LogP contribution in [0.15, 0.2) is 12.1 Å². The van der Waals surface area contributed by atoms with E-state index in [2.05, 4.69) is 36.3 Å². The van der Waals surface area contributed by atoms with Gasteiger partial charge in [-0.2, -0.15) is 0 Å². The van der Waals surface area contributed by atoms with Crippen molar-refractivity contribution in [1.82, 2.24) is 15.1 Å². The molecule has 2 rings (SSSR count). The molecule has 0 aromatic carbocycles. The smallest absolute Gasteiger partial charge is 0.241 e. The van der Waals surface area contributed by atoms with E-state index in [1.165, 1.54) is 9.75 Å². The summed E-state index contributed by atoms with van der Waals surface area (Å²) >= 11 is 1.75. The first-order valence-electron chi connectivity index (χ1n) is 7.33. The van der Waals surface area contributed by atoms with Gasteiger partial charge in [0.15, 0.2) is 0 Å². The van der Waals surface area contributed by atoms with Gasteiger partial charge < -0.3 is 14.5 Å². The normalized spacial score (nSPS) is 22.5. The molecule has 118 valence electrons. The third-order valence-corrected chi connectivity index (χ3v) is 4.86. The molecule has 1 saturated heterocycles. The molecule has 0 spiro atoms. The number of amides is 1. The molecule has 21 heavy (non-hydrogen) atoms. The van der Waals surface area contributed by atoms with Gasteiger partial charge in [0.25, 0.3) is 0 Å². The maximum atomic E-state index is 12.3. The van der Waals surface area contributed by atoms with Gasteiger partial charge in [0.2, 0.25) is 5.91 Å². The van der Waals surface area contributed by atoms with E-state index in [0.29, 0.717) is 6.61 Å². The summed E-state index contributed by atoms with van der Waals surface area (Å²) in [6.07, 6.45) is 0.0158. The van der Waals surface area contributed by atoms with E-state index in [1.54, 1.807) is 18.4 Å². The lowest BCUT2D eigenvalue weighted by Gasteiger charge is -2.26. The van der Waals surface area contributed by atoms with Crippen molar-refractivity contribution >= 4 is 17.2 Å². The summed E-state index contributed by atoms with van der Waals surface area (Å²) in [5.41, 5.74) is 0. The number of carbonyl (C=O) groups excluding carboxylic acids is 1. The monoisotopic (exact) mass is 311 g/mol. The Morgan fingerprint density at radius 2 is 2.19 bits per heavy atom. The number of methoxy groups -OCH3 is 1. The van der Waals surface area contributed by atoms with Crippen LogP contribution in [0.3, 0.4) is 0 Å². The third-order valence-electron chi connectivity index (χ3n) is 3.80. The van der Waals surface area contributed by atoms with Gasteiger partial charge in [0, 0.05) is 36.5 Å². The van der Waals surface area contributed by atoms with Gasteiger partial charge in [0.1, 0.15) is 6.17 Å². The van der Waals surface area contributed by atoms with Crippen LogP contribution in [0.25, 0.3) is 0 Å². The highest BCUT2D eigenvalue weighted by atomic mass is 32.1. The topological polar surface area (TPSA) is 44.8 Å². The van der Waals surface area contributed by atoms with Gasteiger partial charge >= 0.3 is 0 Å². The number of aryl methyl sites for hydroxylation is 1. The lowest BCUT2D eigenvalue weighted by Crippen LogP contribution is -2.38. The van der Waals surface area contributed by atoms with E-state index in [1.807, 2.05) is 11.8 Å². The predicted octanol–water partition coefficient (Wildman–Crippen LogP) is 1.45. The average Bonchev–Trinajstić information content (AvgIpc) is 3.00. The number of nitrogens with one attached hydrogen (secondary N) is 1. The van der Waals surface area contributed by atoms with E-state index in [9.17, 15) is 4.79 Å². The summed E-state index contributed by atoms with van der Waals surface area (Å²) in [7, 11) is 3.76. The number of hydrogen-bond donors (Lipinski definition) is 1. The number of ether oxygens (including phenoxy) is 1. The van der Waals surface area contributed by atoms with Crippen LogP contribution in [-0.2, 0) is 9.53 Å². The van der Waals surface area contributed by atoms with Crippen molar-refractivity contribution < 1.29 is 9.53 Å². The summed E-state index contributed by atoms with van der Waals surface area (Å²) in [5, 5.41) is 3.39. The van der Waals surface area contributed by atoms with Gasteiger partial charge in [-0.3, -0.25) is 10.1 Å². The molecule has 2 atom stereocenters. The quantitative estimate of drug-likeness (QED) is 0.828. The highest BCUT2D eigenvalue weighted by Crippen LogP contribution is 2.30. The Morgan fingerprint density at radius 1 is 1.43 bits per heavy atom. The molecule has 1 N–H and O–H groups in total. The van der Waals surface area contributed by atoms with Crippen LogP contribution in [0.1, 0.15) is 22.8 Å². The first-order chi connectivity index (χ1) is 10.0. The van der Waals surface area contributed by atoms with Gasteiger partial charge in [-0.25, -0.2) is 0 Å². The summed E-state index contributed by atoms with van der Waals surface area (Å²) in [5.74, 6) is 0.186. The van der Waals surface area contributed by atoms with Crippen molar-refractivity contribution in [2.24, 2.45) is 0 Å². The number of nitrogens with zero attached hydrogens (tertiary/aromatic N) is 2. The molecule has 6 heteroatoms. The zero-order valence-corrected chi connectivity index (χ0v) is 14.1. The van der Waals surface area contributed by atoms with Gasteiger partial charge in [-0.15, -0.1) is 11.3 Å². The Bertz CT molecular complexity index is 477. The second-order valence-corrected chi connectivity index (χ2v) is 6.89. The van der Waals surface area contributed by atoms with Crippen LogP contribution < -0.4 is 5.32 Å². The van der Waals surface area contributed by atoms with Crippen molar-refractivity contribution in [3.63, 3.8) is 0 Å². The van der Waals surface area contributed by atoms with Crippen molar-refractivity contribution in [3.05, 3.63) is 21.9 Å². The fourth-order valence-electron chi connectivity index (χ4n) is 2.49. The van der Waals surface area contributed by atoms with Crippen molar-refractivity contribution in [3.8, 4) is 0 Å². The number of hydrogen-bond acceptors (Lipinski definition) is 5. The first kappa shape index (κ1) is 16.4. The van der Waals surface area contributed by atoms with Crippen molar-refractivity contribution in [2.75, 3.05) is 40.4 Å². The summed E-state index contributed by atoms with van der Waals surface area (Å²) in [6, 6.07) is 4.12. The Balaban J connectivity index is 1.98. The predicted molar refractivity (Wildman–Crippen MR) is 85.5 cm³/mol. The zero-order valence-electron chi connectivity index (χ0n) is 13.3. The molecule has 1 amide bonds. The van der Waals surface area contributed by atoms with Gasteiger partial charge in [-0.05, 0) is 33.0 Å². The minimum atomic E-state index is -0.110. The van der Waals surface area contributed by atoms with E-state index in [-0.39, 0.29) is 18.1 Å². The Kier molecular flexibility index (Phi) is 5.75. The summed E-state index contributed by atoms with van der Waals surface area (Å²) < 4.78 is 5.08. The third kappa shape index (κ3) is 4.03. The second kappa shape index (κ2) is 7.35. The highest BCUT2D eigenvalue weighted by molar-refractivity contribution is 7.12. The fourth-order valence-corrected chi connectivity index (χ4v) is 3.44. The highest BCUT2D eigenvalue weighted by Gasteiger charge is 2.37. The van der Waals surface area contributed by atoms with Crippen LogP contribution >= 0.6 is 11.3 Å². The van der Waals surface area contributed by atoms with E-state index >= 15 is 0 Å². The number of thiophene rings is 1. The first-order valence-corrected chi connectivity index (χ1v) is 8.15. The van der Waals surface area contributed by atoms with Crippen LogP contribution in [0.2, 0.25) is 0 Å². The SMILES string of the molecule is COCCN(C)CCN1C(=O)C(C)NC1c1ccc(C)s1. The maximum Gasteiger partial charge on any atom is 0.241 e. The zero-order chi connectivity index (χ0) is 15.4. The molecule has 0 saturated carbocycles. The minimum Gasteiger partial charge on any atom is -0.383 e. The van der Waals surface area contributed by atoms with Crippen LogP contribution in [0, 0.1) is 6.92 Å². The molecule has 2 heterocycles. The van der Waals surface area contributed by atoms with Crippen LogP contribution in [-0.4, -0.2) is 62.1 Å². The molecule has 5 nitrogen and oxygen atoms in total. The lowest BCUT2D eigenvalue weighted by molar-refractivity contribution is -0.130. The minimum absolute atomic E-state index is 0.0158. The molecule has 1 aromatic rings. The van der Waals surface area contributed by atoms with E-state index < -0.39 is 0 Å². The Morgan fingerprint density at radius 3 is 2.81 bits per heavy atom. The molecule has 1 aromatic heterocycles. The lowest BCUT2D eigenvalue weighted by atomic mass is 10.3. The Labute approximate surface area is 130 Å². The van der Waals surface area contributed by atoms with Crippen molar-refractivity contribution in [2.45, 2.75) is 26.1 Å². The molecule has 0 bridgehead atoms. The number of rotatable bonds is 7. The van der Waals surface area contributed by atoms with Crippen LogP contribution in [0.5, 0.6) is 0 Å². The Hall–Kier alpha value is -0.950. The molecular weight excluding hydrogens is 286 g/mol. The number of carbonyl (C=O) groups is 1. The number of likely N-dealkylation sites (N-methyl/N-ethyl adjacent to an activating group) is 1. The molecule has 1 aliphatic heterocycles.